The van der Waals surface area contributed by atoms with E-state index in [9.17, 15) is 0 Å². The van der Waals surface area contributed by atoms with Gasteiger partial charge < -0.3 is 10.6 Å². The molecular weight excluding hydrogens is 280 g/mol. The van der Waals surface area contributed by atoms with Crippen molar-refractivity contribution in [3.8, 4) is 0 Å². The van der Waals surface area contributed by atoms with Crippen molar-refractivity contribution in [3.63, 3.8) is 0 Å². The number of aryl methyl sites for hydroxylation is 1. The highest BCUT2D eigenvalue weighted by atomic mass is 35.5. The number of aromatic nitrogens is 2. The molecule has 1 heterocycles. The summed E-state index contributed by atoms with van der Waals surface area (Å²) < 4.78 is 1.80. The van der Waals surface area contributed by atoms with E-state index in [-0.39, 0.29) is 0 Å². The quantitative estimate of drug-likeness (QED) is 0.854. The lowest BCUT2D eigenvalue weighted by atomic mass is 10.2. The van der Waals surface area contributed by atoms with Gasteiger partial charge in [-0.05, 0) is 36.8 Å². The van der Waals surface area contributed by atoms with Crippen LogP contribution in [0.5, 0.6) is 0 Å². The Morgan fingerprint density at radius 1 is 1.37 bits per heavy atom. The lowest BCUT2D eigenvalue weighted by Gasteiger charge is -2.10. The van der Waals surface area contributed by atoms with Crippen LogP contribution in [0.15, 0.2) is 30.5 Å². The number of thiocarbonyl (C=S) groups is 1. The number of halogens is 1. The van der Waals surface area contributed by atoms with Crippen LogP contribution in [0.25, 0.3) is 0 Å². The van der Waals surface area contributed by atoms with E-state index in [1.807, 2.05) is 38.2 Å². The molecule has 19 heavy (non-hydrogen) atoms. The Morgan fingerprint density at radius 3 is 2.63 bits per heavy atom. The molecule has 2 aromatic rings. The maximum absolute atomic E-state index is 5.83. The van der Waals surface area contributed by atoms with Crippen LogP contribution in [0.1, 0.15) is 11.3 Å². The number of benzene rings is 1. The summed E-state index contributed by atoms with van der Waals surface area (Å²) in [5.41, 5.74) is 3.07. The van der Waals surface area contributed by atoms with Crippen molar-refractivity contribution in [1.82, 2.24) is 15.1 Å². The first-order valence-electron chi connectivity index (χ1n) is 5.84. The lowest BCUT2D eigenvalue weighted by molar-refractivity contribution is 0.740. The van der Waals surface area contributed by atoms with Gasteiger partial charge in [-0.1, -0.05) is 23.7 Å². The van der Waals surface area contributed by atoms with Gasteiger partial charge in [-0.15, -0.1) is 0 Å². The number of rotatable bonds is 3. The average Bonchev–Trinajstić information content (AvgIpc) is 2.70. The van der Waals surface area contributed by atoms with E-state index >= 15 is 0 Å². The molecule has 1 aromatic heterocycles. The second-order valence-corrected chi connectivity index (χ2v) is 5.05. The molecule has 0 saturated carbocycles. The molecule has 0 saturated heterocycles. The average molecular weight is 295 g/mol. The highest BCUT2D eigenvalue weighted by Gasteiger charge is 2.05. The molecule has 0 fully saturated rings. The summed E-state index contributed by atoms with van der Waals surface area (Å²) in [5, 5.41) is 11.7. The maximum atomic E-state index is 5.83. The van der Waals surface area contributed by atoms with E-state index < -0.39 is 0 Å². The molecule has 0 unspecified atom stereocenters. The summed E-state index contributed by atoms with van der Waals surface area (Å²) in [6.07, 6.45) is 1.76. The van der Waals surface area contributed by atoms with Gasteiger partial charge in [0.15, 0.2) is 5.11 Å². The molecule has 100 valence electrons. The summed E-state index contributed by atoms with van der Waals surface area (Å²) >= 11 is 11.1. The predicted octanol–water partition coefficient (Wildman–Crippen LogP) is 2.87. The molecule has 0 amide bonds. The Balaban J connectivity index is 1.88. The van der Waals surface area contributed by atoms with Gasteiger partial charge >= 0.3 is 0 Å². The van der Waals surface area contributed by atoms with Gasteiger partial charge in [0, 0.05) is 18.6 Å². The van der Waals surface area contributed by atoms with E-state index in [1.165, 1.54) is 0 Å². The van der Waals surface area contributed by atoms with Crippen molar-refractivity contribution < 1.29 is 0 Å². The monoisotopic (exact) mass is 294 g/mol. The van der Waals surface area contributed by atoms with Gasteiger partial charge in [-0.3, -0.25) is 4.68 Å². The fraction of sp³-hybridized carbons (Fsp3) is 0.231. The van der Waals surface area contributed by atoms with Crippen LogP contribution >= 0.6 is 23.8 Å². The van der Waals surface area contributed by atoms with Gasteiger partial charge in [0.1, 0.15) is 0 Å². The first-order chi connectivity index (χ1) is 9.06. The molecule has 2 N–H and O–H groups in total. The van der Waals surface area contributed by atoms with E-state index in [0.29, 0.717) is 11.7 Å². The second-order valence-electron chi connectivity index (χ2n) is 4.20. The fourth-order valence-corrected chi connectivity index (χ4v) is 1.88. The first kappa shape index (κ1) is 13.8. The number of hydrogen-bond acceptors (Lipinski definition) is 2. The van der Waals surface area contributed by atoms with E-state index in [0.717, 1.165) is 22.0 Å². The largest absolute Gasteiger partial charge is 0.358 e. The van der Waals surface area contributed by atoms with Crippen LogP contribution in [-0.2, 0) is 13.6 Å². The van der Waals surface area contributed by atoms with Crippen LogP contribution in [0.4, 0.5) is 5.69 Å². The van der Waals surface area contributed by atoms with Crippen LogP contribution in [0.3, 0.4) is 0 Å². The van der Waals surface area contributed by atoms with Gasteiger partial charge in [-0.25, -0.2) is 0 Å². The Labute approximate surface area is 122 Å². The third kappa shape index (κ3) is 3.68. The highest BCUT2D eigenvalue weighted by Crippen LogP contribution is 2.12. The third-order valence-corrected chi connectivity index (χ3v) is 3.35. The van der Waals surface area contributed by atoms with Crippen LogP contribution in [0.2, 0.25) is 5.02 Å². The van der Waals surface area contributed by atoms with Crippen molar-refractivity contribution in [2.45, 2.75) is 13.5 Å². The molecule has 0 aliphatic carbocycles. The van der Waals surface area contributed by atoms with Gasteiger partial charge in [-0.2, -0.15) is 5.10 Å². The van der Waals surface area contributed by atoms with E-state index in [4.69, 9.17) is 23.8 Å². The minimum atomic E-state index is 0.575. The SMILES string of the molecule is Cc1c(NC(=S)NCc2ccc(Cl)cc2)cnn1C. The van der Waals surface area contributed by atoms with Gasteiger partial charge in [0.2, 0.25) is 0 Å². The summed E-state index contributed by atoms with van der Waals surface area (Å²) in [6, 6.07) is 7.65. The number of anilines is 1. The van der Waals surface area contributed by atoms with Crippen LogP contribution in [0, 0.1) is 6.92 Å². The first-order valence-corrected chi connectivity index (χ1v) is 6.63. The molecule has 0 aliphatic rings. The zero-order valence-corrected chi connectivity index (χ0v) is 12.3. The topological polar surface area (TPSA) is 41.9 Å². The van der Waals surface area contributed by atoms with Gasteiger partial charge in [0.05, 0.1) is 17.6 Å². The number of hydrogen-bond donors (Lipinski definition) is 2. The second kappa shape index (κ2) is 6.04. The minimum absolute atomic E-state index is 0.575. The summed E-state index contributed by atoms with van der Waals surface area (Å²) in [6.45, 7) is 2.64. The van der Waals surface area contributed by atoms with Crippen molar-refractivity contribution in [2.75, 3.05) is 5.32 Å². The van der Waals surface area contributed by atoms with Crippen molar-refractivity contribution >= 4 is 34.6 Å². The molecule has 0 spiro atoms. The standard InChI is InChI=1S/C13H15ClN4S/c1-9-12(8-16-18(9)2)17-13(19)15-7-10-3-5-11(14)6-4-10/h3-6,8H,7H2,1-2H3,(H2,15,17,19). The Kier molecular flexibility index (Phi) is 4.39. The Bertz CT molecular complexity index is 577. The third-order valence-electron chi connectivity index (χ3n) is 2.85. The normalized spacial score (nSPS) is 10.3. The fourth-order valence-electron chi connectivity index (χ4n) is 1.57. The summed E-state index contributed by atoms with van der Waals surface area (Å²) in [5.74, 6) is 0. The molecular formula is C13H15ClN4S. The predicted molar refractivity (Wildman–Crippen MR) is 82.5 cm³/mol. The molecule has 1 aromatic carbocycles. The molecule has 0 bridgehead atoms. The Morgan fingerprint density at radius 2 is 2.05 bits per heavy atom. The van der Waals surface area contributed by atoms with Gasteiger partial charge in [0.25, 0.3) is 0 Å². The zero-order valence-electron chi connectivity index (χ0n) is 10.8. The van der Waals surface area contributed by atoms with Crippen molar-refractivity contribution in [3.05, 3.63) is 46.7 Å². The molecule has 0 atom stereocenters. The Hall–Kier alpha value is -1.59. The molecule has 2 rings (SSSR count). The van der Waals surface area contributed by atoms with Crippen molar-refractivity contribution in [1.29, 1.82) is 0 Å². The molecule has 0 aliphatic heterocycles. The number of nitrogens with zero attached hydrogens (tertiary/aromatic N) is 2. The zero-order chi connectivity index (χ0) is 13.8. The molecule has 0 radical (unpaired) electrons. The van der Waals surface area contributed by atoms with Crippen molar-refractivity contribution in [2.24, 2.45) is 7.05 Å². The van der Waals surface area contributed by atoms with Crippen LogP contribution < -0.4 is 10.6 Å². The minimum Gasteiger partial charge on any atom is -0.358 e. The van der Waals surface area contributed by atoms with E-state index in [1.54, 1.807) is 10.9 Å². The summed E-state index contributed by atoms with van der Waals surface area (Å²) in [4.78, 5) is 0. The number of nitrogens with one attached hydrogen (secondary N) is 2. The maximum Gasteiger partial charge on any atom is 0.171 e. The lowest BCUT2D eigenvalue weighted by Crippen LogP contribution is -2.28. The highest BCUT2D eigenvalue weighted by molar-refractivity contribution is 7.80. The molecule has 4 nitrogen and oxygen atoms in total. The summed E-state index contributed by atoms with van der Waals surface area (Å²) in [7, 11) is 1.89. The smallest absolute Gasteiger partial charge is 0.171 e. The van der Waals surface area contributed by atoms with E-state index in [2.05, 4.69) is 15.7 Å². The van der Waals surface area contributed by atoms with Crippen LogP contribution in [-0.4, -0.2) is 14.9 Å². The molecule has 6 heteroatoms.